The number of carbonyl (C=O) groups excluding carboxylic acids is 6. The maximum Gasteiger partial charge on any atom is 0.328 e. The van der Waals surface area contributed by atoms with Gasteiger partial charge < -0.3 is 35.7 Å². The van der Waals surface area contributed by atoms with Crippen molar-refractivity contribution < 1.29 is 37.9 Å². The number of amides is 5. The van der Waals surface area contributed by atoms with E-state index in [-0.39, 0.29) is 19.1 Å². The lowest BCUT2D eigenvalue weighted by atomic mass is 9.80. The molecule has 4 atom stereocenters. The van der Waals surface area contributed by atoms with Crippen molar-refractivity contribution in [2.45, 2.75) is 131 Å². The number of carbonyl (C=O) groups is 6. The Labute approximate surface area is 273 Å². The minimum Gasteiger partial charge on any atom is -0.466 e. The van der Waals surface area contributed by atoms with Crippen LogP contribution in [0.2, 0.25) is 0 Å². The summed E-state index contributed by atoms with van der Waals surface area (Å²) in [6.07, 6.45) is 6.78. The second-order valence-electron chi connectivity index (χ2n) is 12.5. The molecule has 0 radical (unpaired) electrons. The van der Waals surface area contributed by atoms with Crippen LogP contribution in [0.25, 0.3) is 0 Å². The lowest BCUT2D eigenvalue weighted by molar-refractivity contribution is -0.147. The van der Waals surface area contributed by atoms with Gasteiger partial charge in [-0.15, -0.1) is 0 Å². The molecule has 0 spiro atoms. The van der Waals surface area contributed by atoms with Gasteiger partial charge in [0.1, 0.15) is 30.5 Å². The zero-order valence-electron chi connectivity index (χ0n) is 28.8. The molecule has 5 amide bonds. The van der Waals surface area contributed by atoms with Crippen LogP contribution in [0.15, 0.2) is 22.8 Å². The first-order valence-corrected chi connectivity index (χ1v) is 16.4. The number of primary amides is 1. The van der Waals surface area contributed by atoms with Crippen LogP contribution in [0.1, 0.15) is 106 Å². The summed E-state index contributed by atoms with van der Waals surface area (Å²) in [6.45, 7) is 15.2. The fourth-order valence-electron chi connectivity index (χ4n) is 4.94. The molecule has 0 bridgehead atoms. The number of hydrogen-bond acceptors (Lipinski definition) is 8. The lowest BCUT2D eigenvalue weighted by Crippen LogP contribution is -2.60. The largest absolute Gasteiger partial charge is 0.466 e. The molecule has 1 aliphatic carbocycles. The zero-order valence-corrected chi connectivity index (χ0v) is 28.8. The van der Waals surface area contributed by atoms with Crippen molar-refractivity contribution in [3.05, 3.63) is 24.2 Å². The fourth-order valence-corrected chi connectivity index (χ4v) is 4.94. The van der Waals surface area contributed by atoms with Crippen molar-refractivity contribution in [3.63, 3.8) is 0 Å². The van der Waals surface area contributed by atoms with Crippen LogP contribution in [0.5, 0.6) is 0 Å². The Hall–Kier alpha value is -3.90. The Kier molecular flexibility index (Phi) is 17.1. The smallest absolute Gasteiger partial charge is 0.328 e. The summed E-state index contributed by atoms with van der Waals surface area (Å²) in [5.41, 5.74) is 4.46. The second-order valence-corrected chi connectivity index (χ2v) is 12.5. The van der Waals surface area contributed by atoms with Crippen molar-refractivity contribution in [1.82, 2.24) is 20.9 Å². The molecule has 3 rings (SSSR count). The zero-order chi connectivity index (χ0) is 35.0. The van der Waals surface area contributed by atoms with E-state index < -0.39 is 65.1 Å². The van der Waals surface area contributed by atoms with E-state index in [2.05, 4.69) is 29.8 Å². The highest BCUT2D eigenvalue weighted by Gasteiger charge is 2.43. The predicted molar refractivity (Wildman–Crippen MR) is 173 cm³/mol. The van der Waals surface area contributed by atoms with Gasteiger partial charge in [0.05, 0.1) is 12.3 Å². The summed E-state index contributed by atoms with van der Waals surface area (Å²) in [7, 11) is 0. The number of esters is 1. The maximum absolute atomic E-state index is 13.7. The van der Waals surface area contributed by atoms with E-state index in [1.807, 2.05) is 13.8 Å². The lowest BCUT2D eigenvalue weighted by Gasteiger charge is -2.36. The van der Waals surface area contributed by atoms with E-state index >= 15 is 0 Å². The van der Waals surface area contributed by atoms with E-state index in [0.29, 0.717) is 25.0 Å². The Morgan fingerprint density at radius 3 is 2.15 bits per heavy atom. The fraction of sp³-hybridized carbons (Fsp3) is 0.697. The van der Waals surface area contributed by atoms with Gasteiger partial charge in [-0.25, -0.2) is 9.59 Å². The minimum atomic E-state index is -1.11. The Balaban J connectivity index is 0.00000199. The number of Topliss-reactive ketones (excluding diaryl/α,β-unsaturated/α-hetero) is 1. The van der Waals surface area contributed by atoms with E-state index in [1.54, 1.807) is 32.9 Å². The molecule has 2 heterocycles. The first-order valence-electron chi connectivity index (χ1n) is 16.4. The highest BCUT2D eigenvalue weighted by molar-refractivity contribution is 6.37. The number of nitrogens with zero attached hydrogens (tertiary/aromatic N) is 1. The third kappa shape index (κ3) is 12.5. The molecule has 2 fully saturated rings. The van der Waals surface area contributed by atoms with Crippen molar-refractivity contribution in [2.75, 3.05) is 6.54 Å². The summed E-state index contributed by atoms with van der Waals surface area (Å²) < 4.78 is 10.3. The highest BCUT2D eigenvalue weighted by Crippen LogP contribution is 2.31. The number of hydrogen-bond donors (Lipinski definition) is 4. The van der Waals surface area contributed by atoms with Gasteiger partial charge in [0.2, 0.25) is 17.6 Å². The molecule has 2 aliphatic rings. The van der Waals surface area contributed by atoms with Crippen molar-refractivity contribution >= 4 is 35.5 Å². The second kappa shape index (κ2) is 19.6. The van der Waals surface area contributed by atoms with Gasteiger partial charge in [0, 0.05) is 6.54 Å². The van der Waals surface area contributed by atoms with Crippen molar-refractivity contribution in [3.8, 4) is 0 Å². The average molecular weight is 650 g/mol. The normalized spacial score (nSPS) is 17.7. The molecule has 1 aromatic rings. The monoisotopic (exact) mass is 649 g/mol. The summed E-state index contributed by atoms with van der Waals surface area (Å²) in [5, 5.41) is 7.79. The van der Waals surface area contributed by atoms with E-state index in [0.717, 1.165) is 19.3 Å². The first kappa shape index (κ1) is 40.1. The highest BCUT2D eigenvalue weighted by atomic mass is 16.5. The van der Waals surface area contributed by atoms with Gasteiger partial charge >= 0.3 is 12.0 Å². The summed E-state index contributed by atoms with van der Waals surface area (Å²) in [4.78, 5) is 77.5. The minimum absolute atomic E-state index is 0.0897. The SMILES string of the molecule is CC.CC(NC(=O)NC(C(=O)N1CCC[C@H]1C(=O)NC(CC1CCC1)C(=O)C(N)=O)C(C)(C)C)C(=O)OCc1ccco1.CCC. The Morgan fingerprint density at radius 1 is 1.02 bits per heavy atom. The molecule has 260 valence electrons. The molecule has 13 heteroatoms. The molecule has 0 aromatic carbocycles. The van der Waals surface area contributed by atoms with Gasteiger partial charge in [-0.05, 0) is 49.7 Å². The van der Waals surface area contributed by atoms with Crippen molar-refractivity contribution in [2.24, 2.45) is 17.1 Å². The first-order chi connectivity index (χ1) is 21.7. The topological polar surface area (TPSA) is 190 Å². The van der Waals surface area contributed by atoms with Crippen LogP contribution in [-0.2, 0) is 35.3 Å². The van der Waals surface area contributed by atoms with Gasteiger partial charge in [-0.3, -0.25) is 19.2 Å². The Morgan fingerprint density at radius 2 is 1.65 bits per heavy atom. The standard InChI is InChI=1S/C28H41N5O8.C3H8.C2H6/c1-16(26(38)41-15-18-10-7-13-40-18)30-27(39)32-22(28(2,3)4)25(37)33-12-6-11-20(33)24(36)31-19(21(34)23(29)35)14-17-8-5-9-17;1-3-2;1-2/h7,10,13,16-17,19-20,22H,5-6,8-9,11-12,14-15H2,1-4H3,(H2,29,35)(H,31,36)(H2,30,32,39);3H2,1-2H3;1-2H3/t16?,19?,20-,22?;;/m0../s1. The van der Waals surface area contributed by atoms with Crippen LogP contribution in [-0.4, -0.2) is 71.1 Å². The van der Waals surface area contributed by atoms with Gasteiger partial charge in [-0.1, -0.05) is 74.1 Å². The third-order valence-corrected chi connectivity index (χ3v) is 7.53. The number of furan rings is 1. The predicted octanol–water partition coefficient (Wildman–Crippen LogP) is 3.59. The molecular formula is C33H55N5O8. The molecule has 13 nitrogen and oxygen atoms in total. The molecule has 5 N–H and O–H groups in total. The van der Waals surface area contributed by atoms with Gasteiger partial charge in [-0.2, -0.15) is 0 Å². The number of ketones is 1. The van der Waals surface area contributed by atoms with Crippen LogP contribution >= 0.6 is 0 Å². The number of nitrogens with one attached hydrogen (secondary N) is 3. The molecule has 1 aromatic heterocycles. The summed E-state index contributed by atoms with van der Waals surface area (Å²) in [5.74, 6) is -3.00. The third-order valence-electron chi connectivity index (χ3n) is 7.53. The molecule has 1 aliphatic heterocycles. The molecule has 3 unspecified atom stereocenters. The molecular weight excluding hydrogens is 594 g/mol. The molecule has 1 saturated carbocycles. The van der Waals surface area contributed by atoms with Gasteiger partial charge in [0.25, 0.3) is 5.91 Å². The van der Waals surface area contributed by atoms with Crippen LogP contribution < -0.4 is 21.7 Å². The Bertz CT molecular complexity index is 1140. The van der Waals surface area contributed by atoms with Crippen LogP contribution in [0, 0.1) is 11.3 Å². The van der Waals surface area contributed by atoms with Crippen LogP contribution in [0.4, 0.5) is 4.79 Å². The number of nitrogens with two attached hydrogens (primary N) is 1. The summed E-state index contributed by atoms with van der Waals surface area (Å²) >= 11 is 0. The number of rotatable bonds is 12. The van der Waals surface area contributed by atoms with Crippen molar-refractivity contribution in [1.29, 1.82) is 0 Å². The maximum atomic E-state index is 13.7. The average Bonchev–Trinajstić information content (AvgIpc) is 3.68. The summed E-state index contributed by atoms with van der Waals surface area (Å²) in [6, 6.07) is -1.43. The van der Waals surface area contributed by atoms with E-state index in [4.69, 9.17) is 14.9 Å². The number of urea groups is 1. The molecule has 1 saturated heterocycles. The molecule has 46 heavy (non-hydrogen) atoms. The quantitative estimate of drug-likeness (QED) is 0.195. The van der Waals surface area contributed by atoms with E-state index in [1.165, 1.54) is 24.5 Å². The van der Waals surface area contributed by atoms with Gasteiger partial charge in [0.15, 0.2) is 0 Å². The van der Waals surface area contributed by atoms with Crippen LogP contribution in [0.3, 0.4) is 0 Å². The number of ether oxygens (including phenoxy) is 1. The number of likely N-dealkylation sites (tertiary alicyclic amines) is 1. The van der Waals surface area contributed by atoms with E-state index in [9.17, 15) is 28.8 Å².